The van der Waals surface area contributed by atoms with Gasteiger partial charge in [-0.05, 0) is 17.7 Å². The maximum absolute atomic E-state index is 6.27. The first kappa shape index (κ1) is 16.1. The Morgan fingerprint density at radius 3 is 2.70 bits per heavy atom. The van der Waals surface area contributed by atoms with Gasteiger partial charge in [0.1, 0.15) is 6.10 Å². The number of rotatable bonds is 5. The highest BCUT2D eigenvalue weighted by atomic mass is 35.5. The summed E-state index contributed by atoms with van der Waals surface area (Å²) in [7, 11) is 1.61. The highest BCUT2D eigenvalue weighted by Crippen LogP contribution is 2.35. The molecule has 0 spiro atoms. The van der Waals surface area contributed by atoms with Crippen LogP contribution in [0.1, 0.15) is 11.7 Å². The number of hydrogen-bond acceptors (Lipinski definition) is 4. The summed E-state index contributed by atoms with van der Waals surface area (Å²) in [5.74, 6) is 1.27. The maximum Gasteiger partial charge on any atom is 0.162 e. The van der Waals surface area contributed by atoms with Crippen LogP contribution < -0.4 is 14.8 Å². The standard InChI is InChI=1S/C18H20ClNO3/c1-21-16-11-14(19)7-8-15(16)23-18(13-5-3-2-4-6-13)17-12-20-9-10-22-17/h2-8,11,17-18,20H,9-10,12H2,1H3/t17-,18+/m1/s1. The number of hydrogen-bond donors (Lipinski definition) is 1. The predicted molar refractivity (Wildman–Crippen MR) is 90.4 cm³/mol. The Bertz CT molecular complexity index is 629. The lowest BCUT2D eigenvalue weighted by molar-refractivity contribution is -0.0438. The van der Waals surface area contributed by atoms with E-state index in [1.165, 1.54) is 0 Å². The second-order valence-electron chi connectivity index (χ2n) is 5.36. The van der Waals surface area contributed by atoms with E-state index in [9.17, 15) is 0 Å². The summed E-state index contributed by atoms with van der Waals surface area (Å²) in [6, 6.07) is 15.5. The molecule has 1 heterocycles. The van der Waals surface area contributed by atoms with Crippen LogP contribution in [0, 0.1) is 0 Å². The molecule has 0 radical (unpaired) electrons. The topological polar surface area (TPSA) is 39.7 Å². The van der Waals surface area contributed by atoms with Gasteiger partial charge in [-0.15, -0.1) is 0 Å². The molecular weight excluding hydrogens is 314 g/mol. The summed E-state index contributed by atoms with van der Waals surface area (Å²) in [6.45, 7) is 2.28. The molecule has 1 aliphatic rings. The van der Waals surface area contributed by atoms with Crippen molar-refractivity contribution in [2.75, 3.05) is 26.8 Å². The largest absolute Gasteiger partial charge is 0.493 e. The molecule has 23 heavy (non-hydrogen) atoms. The minimum Gasteiger partial charge on any atom is -0.493 e. The molecule has 1 fully saturated rings. The summed E-state index contributed by atoms with van der Waals surface area (Å²) >= 11 is 6.03. The zero-order valence-corrected chi connectivity index (χ0v) is 13.8. The highest BCUT2D eigenvalue weighted by molar-refractivity contribution is 6.30. The minimum absolute atomic E-state index is 0.0634. The van der Waals surface area contributed by atoms with Crippen molar-refractivity contribution in [2.24, 2.45) is 0 Å². The van der Waals surface area contributed by atoms with Crippen molar-refractivity contribution in [1.82, 2.24) is 5.32 Å². The molecule has 0 unspecified atom stereocenters. The third-order valence-electron chi connectivity index (χ3n) is 3.80. The van der Waals surface area contributed by atoms with Crippen LogP contribution >= 0.6 is 11.6 Å². The van der Waals surface area contributed by atoms with Crippen molar-refractivity contribution in [1.29, 1.82) is 0 Å². The van der Waals surface area contributed by atoms with E-state index in [0.717, 1.165) is 18.7 Å². The van der Waals surface area contributed by atoms with Crippen molar-refractivity contribution in [3.8, 4) is 11.5 Å². The fourth-order valence-corrected chi connectivity index (χ4v) is 2.82. The number of morpholine rings is 1. The second kappa shape index (κ2) is 7.68. The van der Waals surface area contributed by atoms with Gasteiger partial charge in [-0.2, -0.15) is 0 Å². The Morgan fingerprint density at radius 1 is 1.17 bits per heavy atom. The van der Waals surface area contributed by atoms with Gasteiger partial charge in [0.15, 0.2) is 17.6 Å². The first-order chi connectivity index (χ1) is 11.3. The molecule has 2 aromatic carbocycles. The van der Waals surface area contributed by atoms with Gasteiger partial charge in [0.25, 0.3) is 0 Å². The molecule has 1 N–H and O–H groups in total. The van der Waals surface area contributed by atoms with Gasteiger partial charge in [0.05, 0.1) is 13.7 Å². The van der Waals surface area contributed by atoms with Crippen molar-refractivity contribution in [2.45, 2.75) is 12.2 Å². The predicted octanol–water partition coefficient (Wildman–Crippen LogP) is 3.46. The van der Waals surface area contributed by atoms with E-state index in [1.807, 2.05) is 36.4 Å². The molecule has 0 aromatic heterocycles. The Morgan fingerprint density at radius 2 is 2.00 bits per heavy atom. The average molecular weight is 334 g/mol. The fourth-order valence-electron chi connectivity index (χ4n) is 2.66. The van der Waals surface area contributed by atoms with Crippen LogP contribution in [0.4, 0.5) is 0 Å². The molecule has 0 amide bonds. The van der Waals surface area contributed by atoms with E-state index in [1.54, 1.807) is 19.2 Å². The highest BCUT2D eigenvalue weighted by Gasteiger charge is 2.28. The summed E-state index contributed by atoms with van der Waals surface area (Å²) in [4.78, 5) is 0. The molecule has 3 rings (SSSR count). The van der Waals surface area contributed by atoms with Crippen LogP contribution in [-0.2, 0) is 4.74 Å². The first-order valence-electron chi connectivity index (χ1n) is 7.65. The molecule has 0 saturated carbocycles. The molecule has 122 valence electrons. The fraction of sp³-hybridized carbons (Fsp3) is 0.333. The van der Waals surface area contributed by atoms with Crippen LogP contribution in [-0.4, -0.2) is 32.9 Å². The second-order valence-corrected chi connectivity index (χ2v) is 5.79. The number of halogens is 1. The van der Waals surface area contributed by atoms with E-state index in [2.05, 4.69) is 5.32 Å². The van der Waals surface area contributed by atoms with Crippen molar-refractivity contribution < 1.29 is 14.2 Å². The maximum atomic E-state index is 6.27. The van der Waals surface area contributed by atoms with Crippen LogP contribution in [0.15, 0.2) is 48.5 Å². The molecule has 5 heteroatoms. The number of methoxy groups -OCH3 is 1. The van der Waals surface area contributed by atoms with Gasteiger partial charge < -0.3 is 19.5 Å². The average Bonchev–Trinajstić information content (AvgIpc) is 2.62. The van der Waals surface area contributed by atoms with Crippen molar-refractivity contribution in [3.05, 3.63) is 59.1 Å². The van der Waals surface area contributed by atoms with Crippen molar-refractivity contribution >= 4 is 11.6 Å². The first-order valence-corrected chi connectivity index (χ1v) is 8.03. The van der Waals surface area contributed by atoms with E-state index < -0.39 is 0 Å². The third kappa shape index (κ3) is 3.96. The molecule has 4 nitrogen and oxygen atoms in total. The Hall–Kier alpha value is -1.75. The summed E-state index contributed by atoms with van der Waals surface area (Å²) in [6.07, 6.45) is -0.286. The van der Waals surface area contributed by atoms with Crippen LogP contribution in [0.25, 0.3) is 0 Å². The monoisotopic (exact) mass is 333 g/mol. The molecular formula is C18H20ClNO3. The number of benzene rings is 2. The van der Waals surface area contributed by atoms with Crippen LogP contribution in [0.3, 0.4) is 0 Å². The lowest BCUT2D eigenvalue weighted by Gasteiger charge is -2.32. The van der Waals surface area contributed by atoms with E-state index >= 15 is 0 Å². The van der Waals surface area contributed by atoms with E-state index in [-0.39, 0.29) is 12.2 Å². The van der Waals surface area contributed by atoms with Crippen LogP contribution in [0.5, 0.6) is 11.5 Å². The summed E-state index contributed by atoms with van der Waals surface area (Å²) in [5.41, 5.74) is 1.07. The smallest absolute Gasteiger partial charge is 0.162 e. The van der Waals surface area contributed by atoms with Gasteiger partial charge >= 0.3 is 0 Å². The van der Waals surface area contributed by atoms with Crippen molar-refractivity contribution in [3.63, 3.8) is 0 Å². The van der Waals surface area contributed by atoms with E-state index in [4.69, 9.17) is 25.8 Å². The van der Waals surface area contributed by atoms with Gasteiger partial charge in [0, 0.05) is 24.2 Å². The molecule has 1 aliphatic heterocycles. The normalized spacial score (nSPS) is 19.1. The molecule has 0 aliphatic carbocycles. The lowest BCUT2D eigenvalue weighted by Crippen LogP contribution is -2.43. The zero-order valence-electron chi connectivity index (χ0n) is 13.0. The summed E-state index contributed by atoms with van der Waals surface area (Å²) < 4.78 is 17.6. The zero-order chi connectivity index (χ0) is 16.1. The lowest BCUT2D eigenvalue weighted by atomic mass is 10.0. The van der Waals surface area contributed by atoms with Gasteiger partial charge in [-0.25, -0.2) is 0 Å². The van der Waals surface area contributed by atoms with Gasteiger partial charge in [-0.3, -0.25) is 0 Å². The molecule has 1 saturated heterocycles. The number of nitrogens with one attached hydrogen (secondary N) is 1. The third-order valence-corrected chi connectivity index (χ3v) is 4.04. The Kier molecular flexibility index (Phi) is 5.39. The van der Waals surface area contributed by atoms with Gasteiger partial charge in [-0.1, -0.05) is 41.9 Å². The molecule has 0 bridgehead atoms. The minimum atomic E-state index is -0.223. The molecule has 2 atom stereocenters. The van der Waals surface area contributed by atoms with E-state index in [0.29, 0.717) is 23.1 Å². The quantitative estimate of drug-likeness (QED) is 0.909. The number of ether oxygens (including phenoxy) is 3. The summed E-state index contributed by atoms with van der Waals surface area (Å²) in [5, 5.41) is 3.96. The Balaban J connectivity index is 1.89. The SMILES string of the molecule is COc1cc(Cl)ccc1O[C@@H](c1ccccc1)[C@H]1CNCCO1. The van der Waals surface area contributed by atoms with Crippen LogP contribution in [0.2, 0.25) is 5.02 Å². The van der Waals surface area contributed by atoms with Gasteiger partial charge in [0.2, 0.25) is 0 Å². The molecule has 2 aromatic rings. The Labute approximate surface area is 141 Å².